The minimum absolute atomic E-state index is 0.100. The molecule has 2 heterocycles. The van der Waals surface area contributed by atoms with Gasteiger partial charge in [-0.1, -0.05) is 48.5 Å². The van der Waals surface area contributed by atoms with Crippen molar-refractivity contribution in [2.75, 3.05) is 31.1 Å². The molecule has 4 rings (SSSR count). The van der Waals surface area contributed by atoms with Gasteiger partial charge in [0.1, 0.15) is 0 Å². The molecule has 0 radical (unpaired) electrons. The number of pyridine rings is 1. The number of hydrogen-bond acceptors (Lipinski definition) is 6. The number of amides is 1. The molecule has 2 N–H and O–H groups in total. The number of allylic oxidation sites excluding steroid dienone is 1. The smallest absolute Gasteiger partial charge is 0.267 e. The van der Waals surface area contributed by atoms with Crippen molar-refractivity contribution in [1.82, 2.24) is 15.4 Å². The number of nitrogens with zero attached hydrogens (tertiary/aromatic N) is 3. The Morgan fingerprint density at radius 3 is 2.26 bits per heavy atom. The first-order valence-corrected chi connectivity index (χ1v) is 11.5. The molecule has 1 amide bonds. The summed E-state index contributed by atoms with van der Waals surface area (Å²) in [5.41, 5.74) is 5.67. The molecule has 7 heteroatoms. The molecule has 1 aliphatic heterocycles. The van der Waals surface area contributed by atoms with Gasteiger partial charge in [-0.05, 0) is 48.1 Å². The molecule has 1 fully saturated rings. The molecule has 35 heavy (non-hydrogen) atoms. The van der Waals surface area contributed by atoms with Crippen LogP contribution < -0.4 is 10.4 Å². The van der Waals surface area contributed by atoms with E-state index < -0.39 is 5.91 Å². The number of carbonyl (C=O) groups excluding carboxylic acids is 2. The number of hydrogen-bond donors (Lipinski definition) is 2. The van der Waals surface area contributed by atoms with Gasteiger partial charge in [0, 0.05) is 50.1 Å². The Balaban J connectivity index is 1.36. The van der Waals surface area contributed by atoms with Crippen molar-refractivity contribution >= 4 is 29.5 Å². The first kappa shape index (κ1) is 24.1. The zero-order valence-electron chi connectivity index (χ0n) is 19.4. The van der Waals surface area contributed by atoms with E-state index in [0.29, 0.717) is 17.0 Å². The van der Waals surface area contributed by atoms with Crippen LogP contribution in [0.25, 0.3) is 12.2 Å². The van der Waals surface area contributed by atoms with Crippen LogP contribution in [0.2, 0.25) is 0 Å². The van der Waals surface area contributed by atoms with Crippen molar-refractivity contribution in [3.63, 3.8) is 0 Å². The summed E-state index contributed by atoms with van der Waals surface area (Å²) in [7, 11) is 0. The normalized spacial score (nSPS) is 14.5. The van der Waals surface area contributed by atoms with Gasteiger partial charge in [-0.25, -0.2) is 10.5 Å². The molecule has 0 unspecified atom stereocenters. The molecule has 178 valence electrons. The van der Waals surface area contributed by atoms with Crippen LogP contribution in [0.15, 0.2) is 84.9 Å². The Bertz CT molecular complexity index is 1220. The standard InChI is InChI=1S/C28H28N4O3/c33-27(14-12-24-9-5-10-25(29-24)13-15-28(34)30-35)23-8-4-11-26(20-23)32-18-16-31(17-19-32)21-22-6-2-1-3-7-22/h1-15,20,35H,16-19,21H2,(H,30,34)/b14-12+,15-13+. The highest BCUT2D eigenvalue weighted by molar-refractivity contribution is 6.07. The van der Waals surface area contributed by atoms with Gasteiger partial charge in [0.25, 0.3) is 5.91 Å². The molecule has 0 bridgehead atoms. The maximum atomic E-state index is 12.8. The van der Waals surface area contributed by atoms with E-state index in [9.17, 15) is 9.59 Å². The summed E-state index contributed by atoms with van der Waals surface area (Å²) in [6.07, 6.45) is 5.82. The minimum Gasteiger partial charge on any atom is -0.369 e. The maximum absolute atomic E-state index is 12.8. The molecule has 2 aromatic carbocycles. The van der Waals surface area contributed by atoms with Crippen molar-refractivity contribution in [1.29, 1.82) is 0 Å². The van der Waals surface area contributed by atoms with E-state index in [4.69, 9.17) is 5.21 Å². The Hall–Kier alpha value is -4.07. The number of aromatic nitrogens is 1. The second-order valence-electron chi connectivity index (χ2n) is 8.29. The van der Waals surface area contributed by atoms with E-state index in [1.807, 2.05) is 30.3 Å². The van der Waals surface area contributed by atoms with Crippen LogP contribution in [0.1, 0.15) is 27.3 Å². The number of hydroxylamine groups is 1. The summed E-state index contributed by atoms with van der Waals surface area (Å²) in [6, 6.07) is 23.5. The SMILES string of the molecule is O=C(/C=C/c1cccc(/C=C/C(=O)c2cccc(N3CCN(Cc4ccccc4)CC3)c2)n1)NO. The first-order valence-electron chi connectivity index (χ1n) is 11.5. The van der Waals surface area contributed by atoms with Crippen LogP contribution in [0.5, 0.6) is 0 Å². The summed E-state index contributed by atoms with van der Waals surface area (Å²) in [5.74, 6) is -0.739. The molecular formula is C28H28N4O3. The predicted molar refractivity (Wildman–Crippen MR) is 137 cm³/mol. The van der Waals surface area contributed by atoms with E-state index >= 15 is 0 Å². The summed E-state index contributed by atoms with van der Waals surface area (Å²) in [4.78, 5) is 33.1. The van der Waals surface area contributed by atoms with Crippen LogP contribution >= 0.6 is 0 Å². The molecule has 1 aliphatic rings. The molecule has 3 aromatic rings. The van der Waals surface area contributed by atoms with Gasteiger partial charge in [0.2, 0.25) is 0 Å². The van der Waals surface area contributed by atoms with Crippen molar-refractivity contribution in [2.45, 2.75) is 6.54 Å². The third-order valence-corrected chi connectivity index (χ3v) is 5.83. The van der Waals surface area contributed by atoms with Gasteiger partial charge < -0.3 is 4.90 Å². The van der Waals surface area contributed by atoms with E-state index in [0.717, 1.165) is 38.4 Å². The average molecular weight is 469 g/mol. The predicted octanol–water partition coefficient (Wildman–Crippen LogP) is 3.82. The van der Waals surface area contributed by atoms with Crippen molar-refractivity contribution in [3.8, 4) is 0 Å². The van der Waals surface area contributed by atoms with Gasteiger partial charge in [0.05, 0.1) is 11.4 Å². The minimum atomic E-state index is -0.639. The van der Waals surface area contributed by atoms with Crippen LogP contribution in [0, 0.1) is 0 Å². The van der Waals surface area contributed by atoms with Crippen molar-refractivity contribution < 1.29 is 14.8 Å². The highest BCUT2D eigenvalue weighted by Gasteiger charge is 2.18. The van der Waals surface area contributed by atoms with Gasteiger partial charge in [-0.15, -0.1) is 0 Å². The number of ketones is 1. The lowest BCUT2D eigenvalue weighted by atomic mass is 10.1. The number of benzene rings is 2. The van der Waals surface area contributed by atoms with E-state index in [1.54, 1.807) is 24.3 Å². The van der Waals surface area contributed by atoms with Gasteiger partial charge in [-0.2, -0.15) is 0 Å². The summed E-state index contributed by atoms with van der Waals surface area (Å²) in [6.45, 7) is 4.74. The molecule has 0 aliphatic carbocycles. The molecule has 0 saturated carbocycles. The Morgan fingerprint density at radius 2 is 1.54 bits per heavy atom. The lowest BCUT2D eigenvalue weighted by molar-refractivity contribution is -0.124. The number of nitrogens with one attached hydrogen (secondary N) is 1. The zero-order valence-corrected chi connectivity index (χ0v) is 19.4. The molecular weight excluding hydrogens is 440 g/mol. The average Bonchev–Trinajstić information content (AvgIpc) is 2.91. The number of anilines is 1. The summed E-state index contributed by atoms with van der Waals surface area (Å²) in [5, 5.41) is 8.56. The first-order chi connectivity index (χ1) is 17.1. The Kier molecular flexibility index (Phi) is 8.17. The second-order valence-corrected chi connectivity index (χ2v) is 8.29. The summed E-state index contributed by atoms with van der Waals surface area (Å²) < 4.78 is 0. The zero-order chi connectivity index (χ0) is 24.5. The van der Waals surface area contributed by atoms with Crippen LogP contribution in [-0.4, -0.2) is 53.0 Å². The molecule has 7 nitrogen and oxygen atoms in total. The fourth-order valence-corrected chi connectivity index (χ4v) is 3.97. The monoisotopic (exact) mass is 468 g/mol. The Labute approximate surface area is 205 Å². The van der Waals surface area contributed by atoms with E-state index in [1.165, 1.54) is 29.3 Å². The van der Waals surface area contributed by atoms with Crippen molar-refractivity contribution in [3.05, 3.63) is 107 Å². The second kappa shape index (κ2) is 11.9. The van der Waals surface area contributed by atoms with Crippen LogP contribution in [0.3, 0.4) is 0 Å². The van der Waals surface area contributed by atoms with E-state index in [2.05, 4.69) is 39.0 Å². The third-order valence-electron chi connectivity index (χ3n) is 5.83. The fourth-order valence-electron chi connectivity index (χ4n) is 3.97. The largest absolute Gasteiger partial charge is 0.369 e. The quantitative estimate of drug-likeness (QED) is 0.226. The number of rotatable bonds is 8. The highest BCUT2D eigenvalue weighted by atomic mass is 16.5. The molecule has 0 atom stereocenters. The fraction of sp³-hybridized carbons (Fsp3) is 0.179. The third kappa shape index (κ3) is 6.96. The van der Waals surface area contributed by atoms with Gasteiger partial charge in [-0.3, -0.25) is 19.7 Å². The van der Waals surface area contributed by atoms with Crippen LogP contribution in [0.4, 0.5) is 5.69 Å². The summed E-state index contributed by atoms with van der Waals surface area (Å²) >= 11 is 0. The van der Waals surface area contributed by atoms with E-state index in [-0.39, 0.29) is 5.78 Å². The lowest BCUT2D eigenvalue weighted by Gasteiger charge is -2.36. The number of carbonyl (C=O) groups is 2. The number of piperazine rings is 1. The molecule has 1 aromatic heterocycles. The highest BCUT2D eigenvalue weighted by Crippen LogP contribution is 2.20. The topological polar surface area (TPSA) is 85.8 Å². The molecule has 0 spiro atoms. The van der Waals surface area contributed by atoms with Crippen molar-refractivity contribution in [2.24, 2.45) is 0 Å². The van der Waals surface area contributed by atoms with Gasteiger partial charge in [0.15, 0.2) is 5.78 Å². The Morgan fingerprint density at radius 1 is 0.857 bits per heavy atom. The lowest BCUT2D eigenvalue weighted by Crippen LogP contribution is -2.46. The van der Waals surface area contributed by atoms with Crippen LogP contribution in [-0.2, 0) is 11.3 Å². The molecule has 1 saturated heterocycles. The van der Waals surface area contributed by atoms with Gasteiger partial charge >= 0.3 is 0 Å². The maximum Gasteiger partial charge on any atom is 0.267 e.